The van der Waals surface area contributed by atoms with Crippen LogP contribution < -0.4 is 21.4 Å². The third-order valence-electron chi connectivity index (χ3n) is 4.60. The van der Waals surface area contributed by atoms with Crippen LogP contribution in [0, 0.1) is 11.8 Å². The van der Waals surface area contributed by atoms with E-state index in [1.54, 1.807) is 43.5 Å². The van der Waals surface area contributed by atoms with E-state index in [9.17, 15) is 19.5 Å². The number of carbonyl (C=O) groups excluding carboxylic acids is 3. The highest BCUT2D eigenvalue weighted by Crippen LogP contribution is 2.09. The first-order chi connectivity index (χ1) is 16.3. The summed E-state index contributed by atoms with van der Waals surface area (Å²) in [4.78, 5) is 35.7. The molecule has 2 atom stereocenters. The molecule has 2 rings (SSSR count). The van der Waals surface area contributed by atoms with Crippen molar-refractivity contribution in [2.24, 2.45) is 0 Å². The molecule has 0 radical (unpaired) electrons. The number of aliphatic hydroxyl groups excluding tert-OH is 1. The van der Waals surface area contributed by atoms with Crippen molar-refractivity contribution in [2.45, 2.75) is 26.5 Å². The summed E-state index contributed by atoms with van der Waals surface area (Å²) < 4.78 is 4.91. The van der Waals surface area contributed by atoms with Crippen LogP contribution in [0.2, 0.25) is 0 Å². The molecule has 0 aliphatic carbocycles. The van der Waals surface area contributed by atoms with Crippen LogP contribution in [0.25, 0.3) is 0 Å². The first kappa shape index (κ1) is 29.3. The molecular formula is C25H32N4O6. The van der Waals surface area contributed by atoms with E-state index in [2.05, 4.69) is 27.8 Å². The monoisotopic (exact) mass is 484 g/mol. The predicted molar refractivity (Wildman–Crippen MR) is 132 cm³/mol. The number of benzene rings is 2. The molecule has 3 amide bonds. The van der Waals surface area contributed by atoms with Crippen molar-refractivity contribution in [1.82, 2.24) is 16.1 Å². The largest absolute Gasteiger partial charge is 0.391 e. The van der Waals surface area contributed by atoms with E-state index < -0.39 is 24.0 Å². The first-order valence-electron chi connectivity index (χ1n) is 10.5. The van der Waals surface area contributed by atoms with Gasteiger partial charge in [-0.05, 0) is 55.5 Å². The molecule has 0 aliphatic rings. The zero-order valence-corrected chi connectivity index (χ0v) is 18.9. The standard InChI is InChI=1S/C24H28N4O6.CH4/c1-16(29)22(24(32)28-33)27-23(31)19-9-5-17(6-10-19)3-4-18-7-11-20(12-8-18)26-21(30)15-25-13-14-34-2;/h5-12,16,22,25,29,33H,13-15H2,1-2H3,(H,26,30)(H,27,31)(H,28,32);1H4/t16-,22+;/m1./s1. The minimum Gasteiger partial charge on any atom is -0.391 e. The van der Waals surface area contributed by atoms with E-state index in [0.29, 0.717) is 24.4 Å². The fourth-order valence-corrected chi connectivity index (χ4v) is 2.77. The molecule has 188 valence electrons. The highest BCUT2D eigenvalue weighted by atomic mass is 16.5. The van der Waals surface area contributed by atoms with Crippen molar-refractivity contribution in [2.75, 3.05) is 32.1 Å². The van der Waals surface area contributed by atoms with Gasteiger partial charge < -0.3 is 25.8 Å². The first-order valence-corrected chi connectivity index (χ1v) is 10.5. The molecule has 2 aromatic carbocycles. The summed E-state index contributed by atoms with van der Waals surface area (Å²) in [6.45, 7) is 2.63. The molecule has 0 spiro atoms. The van der Waals surface area contributed by atoms with Gasteiger partial charge in [0.15, 0.2) is 0 Å². The summed E-state index contributed by atoms with van der Waals surface area (Å²) >= 11 is 0. The smallest absolute Gasteiger partial charge is 0.268 e. The lowest BCUT2D eigenvalue weighted by atomic mass is 10.1. The van der Waals surface area contributed by atoms with E-state index in [1.807, 2.05) is 0 Å². The quantitative estimate of drug-likeness (QED) is 0.127. The number of hydrogen-bond donors (Lipinski definition) is 6. The Hall–Kier alpha value is -3.75. The van der Waals surface area contributed by atoms with Gasteiger partial charge in [-0.15, -0.1) is 0 Å². The minimum absolute atomic E-state index is 0. The van der Waals surface area contributed by atoms with Crippen molar-refractivity contribution >= 4 is 23.4 Å². The van der Waals surface area contributed by atoms with Crippen LogP contribution in [0.5, 0.6) is 0 Å². The molecule has 2 aromatic rings. The maximum atomic E-state index is 12.3. The SMILES string of the molecule is C.COCCNCC(=O)Nc1ccc(C#Cc2ccc(C(=O)N[C@H](C(=O)NO)[C@@H](C)O)cc2)cc1. The number of rotatable bonds is 10. The zero-order valence-electron chi connectivity index (χ0n) is 18.9. The maximum absolute atomic E-state index is 12.3. The van der Waals surface area contributed by atoms with Crippen molar-refractivity contribution in [3.05, 3.63) is 65.2 Å². The van der Waals surface area contributed by atoms with Crippen LogP contribution >= 0.6 is 0 Å². The van der Waals surface area contributed by atoms with Gasteiger partial charge in [-0.2, -0.15) is 0 Å². The van der Waals surface area contributed by atoms with Gasteiger partial charge in [0.05, 0.1) is 19.3 Å². The van der Waals surface area contributed by atoms with Gasteiger partial charge in [-0.1, -0.05) is 19.3 Å². The summed E-state index contributed by atoms with van der Waals surface area (Å²) in [5.41, 5.74) is 3.74. The van der Waals surface area contributed by atoms with Crippen LogP contribution in [0.4, 0.5) is 5.69 Å². The molecule has 0 fully saturated rings. The topological polar surface area (TPSA) is 149 Å². The molecule has 35 heavy (non-hydrogen) atoms. The van der Waals surface area contributed by atoms with Crippen LogP contribution in [-0.4, -0.2) is 67.0 Å². The molecule has 10 nitrogen and oxygen atoms in total. The van der Waals surface area contributed by atoms with E-state index in [4.69, 9.17) is 9.94 Å². The van der Waals surface area contributed by atoms with E-state index >= 15 is 0 Å². The van der Waals surface area contributed by atoms with Crippen LogP contribution in [-0.2, 0) is 14.3 Å². The number of ether oxygens (including phenoxy) is 1. The molecule has 0 unspecified atom stereocenters. The van der Waals surface area contributed by atoms with Crippen LogP contribution in [0.3, 0.4) is 0 Å². The molecule has 6 N–H and O–H groups in total. The molecule has 0 saturated carbocycles. The number of anilines is 1. The number of carbonyl (C=O) groups is 3. The molecule has 0 saturated heterocycles. The van der Waals surface area contributed by atoms with Gasteiger partial charge >= 0.3 is 0 Å². The van der Waals surface area contributed by atoms with Crippen molar-refractivity contribution in [1.29, 1.82) is 0 Å². The second-order valence-corrected chi connectivity index (χ2v) is 7.29. The molecule has 10 heteroatoms. The second kappa shape index (κ2) is 15.2. The van der Waals surface area contributed by atoms with Gasteiger partial charge in [0.2, 0.25) is 5.91 Å². The van der Waals surface area contributed by atoms with Crippen molar-refractivity contribution in [3.8, 4) is 11.8 Å². The van der Waals surface area contributed by atoms with E-state index in [-0.39, 0.29) is 25.4 Å². The Bertz CT molecular complexity index is 1030. The molecule has 0 bridgehead atoms. The zero-order chi connectivity index (χ0) is 24.9. The highest BCUT2D eigenvalue weighted by molar-refractivity contribution is 5.97. The van der Waals surface area contributed by atoms with Gasteiger partial charge in [-0.25, -0.2) is 5.48 Å². The lowest BCUT2D eigenvalue weighted by Gasteiger charge is -2.19. The van der Waals surface area contributed by atoms with Crippen LogP contribution in [0.15, 0.2) is 48.5 Å². The summed E-state index contributed by atoms with van der Waals surface area (Å²) in [6.07, 6.45) is -1.20. The lowest BCUT2D eigenvalue weighted by Crippen LogP contribution is -2.51. The molecular weight excluding hydrogens is 452 g/mol. The van der Waals surface area contributed by atoms with E-state index in [1.165, 1.54) is 24.5 Å². The summed E-state index contributed by atoms with van der Waals surface area (Å²) in [6, 6.07) is 12.2. The van der Waals surface area contributed by atoms with Gasteiger partial charge in [0, 0.05) is 36.0 Å². The van der Waals surface area contributed by atoms with Crippen LogP contribution in [0.1, 0.15) is 35.8 Å². The highest BCUT2D eigenvalue weighted by Gasteiger charge is 2.25. The lowest BCUT2D eigenvalue weighted by molar-refractivity contribution is -0.133. The average Bonchev–Trinajstić information content (AvgIpc) is 2.84. The number of amides is 3. The predicted octanol–water partition coefficient (Wildman–Crippen LogP) is 0.882. The average molecular weight is 485 g/mol. The fraction of sp³-hybridized carbons (Fsp3) is 0.320. The Morgan fingerprint density at radius 1 is 1.00 bits per heavy atom. The third-order valence-corrected chi connectivity index (χ3v) is 4.60. The van der Waals surface area contributed by atoms with Gasteiger partial charge in [0.1, 0.15) is 6.04 Å². The fourth-order valence-electron chi connectivity index (χ4n) is 2.77. The Labute approximate surface area is 205 Å². The summed E-state index contributed by atoms with van der Waals surface area (Å²) in [5, 5.41) is 26.4. The number of hydrogen-bond acceptors (Lipinski definition) is 7. The van der Waals surface area contributed by atoms with Crippen molar-refractivity contribution < 1.29 is 29.4 Å². The number of nitrogens with one attached hydrogen (secondary N) is 4. The Morgan fingerprint density at radius 3 is 2.09 bits per heavy atom. The van der Waals surface area contributed by atoms with E-state index in [0.717, 1.165) is 5.56 Å². The summed E-state index contributed by atoms with van der Waals surface area (Å²) in [7, 11) is 1.60. The Kier molecular flexibility index (Phi) is 12.7. The molecule has 0 aromatic heterocycles. The number of hydroxylamine groups is 1. The third kappa shape index (κ3) is 9.95. The minimum atomic E-state index is -1.29. The molecule has 0 heterocycles. The Balaban J connectivity index is 0.00000612. The number of methoxy groups -OCH3 is 1. The summed E-state index contributed by atoms with van der Waals surface area (Å²) in [5.74, 6) is 4.33. The Morgan fingerprint density at radius 2 is 1.57 bits per heavy atom. The van der Waals surface area contributed by atoms with Gasteiger partial charge in [-0.3, -0.25) is 19.6 Å². The van der Waals surface area contributed by atoms with Gasteiger partial charge in [0.25, 0.3) is 11.8 Å². The number of aliphatic hydroxyl groups is 1. The molecule has 0 aliphatic heterocycles. The normalized spacial score (nSPS) is 11.7. The second-order valence-electron chi connectivity index (χ2n) is 7.29. The van der Waals surface area contributed by atoms with Crippen molar-refractivity contribution in [3.63, 3.8) is 0 Å². The maximum Gasteiger partial charge on any atom is 0.268 e.